The Morgan fingerprint density at radius 3 is 2.02 bits per heavy atom. The molecule has 5 aromatic rings. The van der Waals surface area contributed by atoms with Crippen molar-refractivity contribution in [2.75, 3.05) is 11.9 Å². The minimum Gasteiger partial charge on any atom is -0.406 e. The van der Waals surface area contributed by atoms with Gasteiger partial charge in [-0.15, -0.1) is 11.3 Å². The van der Waals surface area contributed by atoms with E-state index in [1.165, 1.54) is 10.4 Å². The van der Waals surface area contributed by atoms with E-state index >= 15 is 0 Å². The third-order valence-corrected chi connectivity index (χ3v) is 13.9. The van der Waals surface area contributed by atoms with E-state index in [-0.39, 0.29) is 11.0 Å². The summed E-state index contributed by atoms with van der Waals surface area (Å²) in [4.78, 5) is 13.3. The van der Waals surface area contributed by atoms with Gasteiger partial charge in [0.15, 0.2) is 0 Å². The molecule has 0 fully saturated rings. The largest absolute Gasteiger partial charge is 0.433 e. The molecule has 0 aliphatic carbocycles. The van der Waals surface area contributed by atoms with E-state index in [1.807, 2.05) is 36.5 Å². The van der Waals surface area contributed by atoms with Crippen LogP contribution >= 0.6 is 11.3 Å². The zero-order valence-electron chi connectivity index (χ0n) is 25.3. The van der Waals surface area contributed by atoms with Crippen molar-refractivity contribution in [2.45, 2.75) is 51.2 Å². The normalized spacial score (nSPS) is 12.7. The Morgan fingerprint density at radius 2 is 1.43 bits per heavy atom. The van der Waals surface area contributed by atoms with E-state index < -0.39 is 25.6 Å². The van der Waals surface area contributed by atoms with Crippen LogP contribution in [-0.2, 0) is 16.0 Å². The molecular formula is C34H35F3N4OSSi. The van der Waals surface area contributed by atoms with E-state index in [1.54, 1.807) is 17.4 Å². The maximum absolute atomic E-state index is 13.1. The highest BCUT2D eigenvalue weighted by molar-refractivity contribution is 7.15. The number of nitrogens with zero attached hydrogens (tertiary/aromatic N) is 3. The van der Waals surface area contributed by atoms with Gasteiger partial charge in [0.1, 0.15) is 10.7 Å². The highest BCUT2D eigenvalue weighted by atomic mass is 32.1. The number of anilines is 2. The molecule has 0 bridgehead atoms. The molecule has 0 saturated heterocycles. The Bertz CT molecular complexity index is 1660. The van der Waals surface area contributed by atoms with E-state index in [9.17, 15) is 13.2 Å². The van der Waals surface area contributed by atoms with Crippen molar-refractivity contribution in [2.24, 2.45) is 0 Å². The van der Waals surface area contributed by atoms with Crippen LogP contribution in [-0.4, -0.2) is 29.9 Å². The van der Waals surface area contributed by atoms with Crippen molar-refractivity contribution in [1.82, 2.24) is 15.0 Å². The molecule has 2 aromatic heterocycles. The van der Waals surface area contributed by atoms with Gasteiger partial charge in [0.25, 0.3) is 8.32 Å². The fourth-order valence-electron chi connectivity index (χ4n) is 5.29. The number of alkyl halides is 3. The number of hydrogen-bond donors (Lipinski definition) is 1. The van der Waals surface area contributed by atoms with Crippen LogP contribution < -0.4 is 15.7 Å². The predicted molar refractivity (Wildman–Crippen MR) is 174 cm³/mol. The molecule has 228 valence electrons. The van der Waals surface area contributed by atoms with Gasteiger partial charge in [-0.1, -0.05) is 107 Å². The van der Waals surface area contributed by atoms with Crippen LogP contribution in [0, 0.1) is 0 Å². The summed E-state index contributed by atoms with van der Waals surface area (Å²) in [5.41, 5.74) is 0.0683. The summed E-state index contributed by atoms with van der Waals surface area (Å²) in [6.45, 7) is 11.6. The zero-order valence-corrected chi connectivity index (χ0v) is 27.1. The van der Waals surface area contributed by atoms with Gasteiger partial charge in [-0.25, -0.2) is 15.0 Å². The highest BCUT2D eigenvalue weighted by Crippen LogP contribution is 2.40. The number of thiazole rings is 1. The van der Waals surface area contributed by atoms with Crippen molar-refractivity contribution in [3.8, 4) is 10.4 Å². The summed E-state index contributed by atoms with van der Waals surface area (Å²) in [6, 6.07) is 29.4. The Balaban J connectivity index is 1.40. The second-order valence-electron chi connectivity index (χ2n) is 12.3. The van der Waals surface area contributed by atoms with Gasteiger partial charge in [-0.05, 0) is 39.2 Å². The maximum Gasteiger partial charge on any atom is 0.433 e. The highest BCUT2D eigenvalue weighted by Gasteiger charge is 2.51. The van der Waals surface area contributed by atoms with E-state index in [4.69, 9.17) is 9.41 Å². The minimum atomic E-state index is -4.55. The summed E-state index contributed by atoms with van der Waals surface area (Å²) in [6.07, 6.45) is -1.62. The summed E-state index contributed by atoms with van der Waals surface area (Å²) in [5.74, 6) is -0.122. The third kappa shape index (κ3) is 6.62. The van der Waals surface area contributed by atoms with Gasteiger partial charge in [0.05, 0.1) is 4.88 Å². The molecule has 5 nitrogen and oxygen atoms in total. The summed E-state index contributed by atoms with van der Waals surface area (Å²) >= 11 is 1.58. The van der Waals surface area contributed by atoms with Gasteiger partial charge in [-0.3, -0.25) is 0 Å². The molecule has 0 amide bonds. The maximum atomic E-state index is 13.1. The Morgan fingerprint density at radius 1 is 0.795 bits per heavy atom. The number of hydrogen-bond acceptors (Lipinski definition) is 6. The summed E-state index contributed by atoms with van der Waals surface area (Å²) in [7, 11) is -2.72. The van der Waals surface area contributed by atoms with Gasteiger partial charge in [-0.2, -0.15) is 13.2 Å². The second kappa shape index (κ2) is 12.3. The minimum absolute atomic E-state index is 0.122. The van der Waals surface area contributed by atoms with Crippen LogP contribution in [0.15, 0.2) is 103 Å². The van der Waals surface area contributed by atoms with E-state index in [0.29, 0.717) is 12.3 Å². The lowest BCUT2D eigenvalue weighted by atomic mass is 9.96. The average molecular weight is 633 g/mol. The van der Waals surface area contributed by atoms with Gasteiger partial charge < -0.3 is 9.74 Å². The van der Waals surface area contributed by atoms with Crippen molar-refractivity contribution in [3.05, 3.63) is 114 Å². The molecule has 1 N–H and O–H groups in total. The first kappa shape index (κ1) is 31.6. The Kier molecular flexibility index (Phi) is 8.79. The molecule has 0 saturated carbocycles. The molecule has 0 aliphatic rings. The van der Waals surface area contributed by atoms with Crippen molar-refractivity contribution >= 4 is 41.7 Å². The van der Waals surface area contributed by atoms with Crippen LogP contribution in [0.5, 0.6) is 0 Å². The molecule has 0 spiro atoms. The summed E-state index contributed by atoms with van der Waals surface area (Å²) < 4.78 is 46.6. The Labute approximate surface area is 261 Å². The first-order valence-electron chi connectivity index (χ1n) is 14.3. The Hall–Kier alpha value is -3.86. The molecule has 0 aliphatic heterocycles. The fourth-order valence-corrected chi connectivity index (χ4v) is 11.0. The lowest BCUT2D eigenvalue weighted by molar-refractivity contribution is -0.141. The third-order valence-electron chi connectivity index (χ3n) is 7.50. The molecule has 5 rings (SSSR count). The lowest BCUT2D eigenvalue weighted by Crippen LogP contribution is -2.67. The standard InChI is InChI=1S/C34H35F3N4OSSi/c1-32(2,3)44(26-15-8-6-9-16-26,27-17-10-7-11-18-27)42-23-33(4,5)30-39-22-28(43-30)24-13-12-14-25(21-24)40-31-38-20-19-29(41-31)34(35,36)37/h6-22H,23H2,1-5H3,(H,38,40,41). The molecule has 44 heavy (non-hydrogen) atoms. The van der Waals surface area contributed by atoms with Crippen LogP contribution in [0.4, 0.5) is 24.8 Å². The van der Waals surface area contributed by atoms with Crippen molar-refractivity contribution < 1.29 is 17.6 Å². The molecule has 0 atom stereocenters. The number of rotatable bonds is 9. The first-order chi connectivity index (χ1) is 20.8. The number of aromatic nitrogens is 3. The van der Waals surface area contributed by atoms with E-state index in [0.717, 1.165) is 27.7 Å². The molecular weight excluding hydrogens is 598 g/mol. The van der Waals surface area contributed by atoms with Crippen LogP contribution in [0.1, 0.15) is 45.3 Å². The molecule has 0 radical (unpaired) electrons. The molecule has 2 heterocycles. The quantitative estimate of drug-likeness (QED) is 0.166. The van der Waals surface area contributed by atoms with Gasteiger partial charge >= 0.3 is 6.18 Å². The van der Waals surface area contributed by atoms with E-state index in [2.05, 4.69) is 98.4 Å². The SMILES string of the molecule is CC(C)(CO[Si](c1ccccc1)(c1ccccc1)C(C)(C)C)c1ncc(-c2cccc(Nc3nccc(C(F)(F)F)n3)c2)s1. The van der Waals surface area contributed by atoms with Gasteiger partial charge in [0.2, 0.25) is 5.95 Å². The number of halogens is 3. The van der Waals surface area contributed by atoms with Crippen LogP contribution in [0.25, 0.3) is 10.4 Å². The first-order valence-corrected chi connectivity index (χ1v) is 17.0. The zero-order chi connectivity index (χ0) is 31.6. The molecule has 0 unspecified atom stereocenters. The van der Waals surface area contributed by atoms with Crippen LogP contribution in [0.3, 0.4) is 0 Å². The van der Waals surface area contributed by atoms with Gasteiger partial charge in [0, 0.05) is 30.1 Å². The molecule has 3 aromatic carbocycles. The van der Waals surface area contributed by atoms with Crippen molar-refractivity contribution in [1.29, 1.82) is 0 Å². The van der Waals surface area contributed by atoms with Crippen molar-refractivity contribution in [3.63, 3.8) is 0 Å². The predicted octanol–water partition coefficient (Wildman–Crippen LogP) is 8.22. The average Bonchev–Trinajstić information content (AvgIpc) is 3.50. The topological polar surface area (TPSA) is 59.9 Å². The molecule has 10 heteroatoms. The van der Waals surface area contributed by atoms with Crippen LogP contribution in [0.2, 0.25) is 5.04 Å². The second-order valence-corrected chi connectivity index (χ2v) is 17.7. The fraction of sp³-hybridized carbons (Fsp3) is 0.265. The number of nitrogens with one attached hydrogen (secondary N) is 1. The number of benzene rings is 3. The smallest absolute Gasteiger partial charge is 0.406 e. The lowest BCUT2D eigenvalue weighted by Gasteiger charge is -2.44. The summed E-state index contributed by atoms with van der Waals surface area (Å²) in [5, 5.41) is 6.14. The monoisotopic (exact) mass is 632 g/mol.